The molecular formula is C21H26N2O4S. The van der Waals surface area contributed by atoms with E-state index in [1.165, 1.54) is 4.31 Å². The normalized spacial score (nSPS) is 17.5. The molecule has 1 unspecified atom stereocenters. The minimum absolute atomic E-state index is 0.222. The van der Waals surface area contributed by atoms with Gasteiger partial charge in [-0.1, -0.05) is 42.5 Å². The number of benzene rings is 2. The molecule has 3 rings (SSSR count). The van der Waals surface area contributed by atoms with Crippen LogP contribution in [0, 0.1) is 0 Å². The van der Waals surface area contributed by atoms with E-state index in [4.69, 9.17) is 4.74 Å². The molecule has 1 atom stereocenters. The molecule has 1 aliphatic heterocycles. The van der Waals surface area contributed by atoms with Crippen LogP contribution < -0.4 is 5.32 Å². The maximum absolute atomic E-state index is 12.9. The molecule has 0 saturated carbocycles. The lowest BCUT2D eigenvalue weighted by Gasteiger charge is -2.23. The summed E-state index contributed by atoms with van der Waals surface area (Å²) in [5, 5.41) is 2.88. The Bertz CT molecular complexity index is 882. The summed E-state index contributed by atoms with van der Waals surface area (Å²) in [5.41, 5.74) is 2.04. The molecule has 1 heterocycles. The monoisotopic (exact) mass is 402 g/mol. The van der Waals surface area contributed by atoms with Gasteiger partial charge < -0.3 is 10.1 Å². The van der Waals surface area contributed by atoms with Gasteiger partial charge in [0.25, 0.3) is 0 Å². The smallest absolute Gasteiger partial charge is 0.243 e. The van der Waals surface area contributed by atoms with Crippen LogP contribution in [0.1, 0.15) is 30.9 Å². The summed E-state index contributed by atoms with van der Waals surface area (Å²) in [5.74, 6) is -0.254. The van der Waals surface area contributed by atoms with E-state index in [-0.39, 0.29) is 10.8 Å². The third-order valence-electron chi connectivity index (χ3n) is 4.82. The number of carbonyl (C=O) groups excluding carboxylic acids is 1. The Kier molecular flexibility index (Phi) is 6.83. The highest BCUT2D eigenvalue weighted by Crippen LogP contribution is 2.26. The van der Waals surface area contributed by atoms with Crippen molar-refractivity contribution in [1.82, 2.24) is 9.62 Å². The highest BCUT2D eigenvalue weighted by Gasteiger charge is 2.39. The number of carbonyl (C=O) groups is 1. The number of sulfonamides is 1. The number of hydrogen-bond donors (Lipinski definition) is 1. The third-order valence-corrected chi connectivity index (χ3v) is 6.74. The molecule has 2 aromatic carbocycles. The molecule has 0 spiro atoms. The molecule has 0 aliphatic carbocycles. The van der Waals surface area contributed by atoms with E-state index in [9.17, 15) is 13.2 Å². The Labute approximate surface area is 166 Å². The molecule has 1 saturated heterocycles. The molecule has 2 aromatic rings. The van der Waals surface area contributed by atoms with Crippen molar-refractivity contribution in [2.24, 2.45) is 0 Å². The van der Waals surface area contributed by atoms with Crippen LogP contribution >= 0.6 is 0 Å². The SMILES string of the molecule is CCOCc1ccc(CNC(=O)C2CCCN2S(=O)(=O)c2ccccc2)cc1. The first-order chi connectivity index (χ1) is 13.5. The van der Waals surface area contributed by atoms with Crippen LogP contribution in [0.3, 0.4) is 0 Å². The summed E-state index contributed by atoms with van der Waals surface area (Å²) in [6, 6.07) is 15.4. The van der Waals surface area contributed by atoms with E-state index >= 15 is 0 Å². The van der Waals surface area contributed by atoms with Crippen LogP contribution in [0.25, 0.3) is 0 Å². The number of hydrogen-bond acceptors (Lipinski definition) is 4. The summed E-state index contributed by atoms with van der Waals surface area (Å²) in [7, 11) is -3.67. The fraction of sp³-hybridized carbons (Fsp3) is 0.381. The Morgan fingerprint density at radius 3 is 2.46 bits per heavy atom. The highest BCUT2D eigenvalue weighted by molar-refractivity contribution is 7.89. The van der Waals surface area contributed by atoms with Crippen molar-refractivity contribution in [3.05, 3.63) is 65.7 Å². The zero-order valence-corrected chi connectivity index (χ0v) is 16.8. The summed E-state index contributed by atoms with van der Waals surface area (Å²) >= 11 is 0. The van der Waals surface area contributed by atoms with Crippen LogP contribution in [0.2, 0.25) is 0 Å². The van der Waals surface area contributed by atoms with Crippen LogP contribution in [0.4, 0.5) is 0 Å². The Morgan fingerprint density at radius 1 is 1.11 bits per heavy atom. The molecule has 150 valence electrons. The fourth-order valence-electron chi connectivity index (χ4n) is 3.30. The van der Waals surface area contributed by atoms with E-state index in [1.807, 2.05) is 31.2 Å². The highest BCUT2D eigenvalue weighted by atomic mass is 32.2. The first kappa shape index (κ1) is 20.5. The van der Waals surface area contributed by atoms with Gasteiger partial charge in [-0.2, -0.15) is 4.31 Å². The van der Waals surface area contributed by atoms with Gasteiger partial charge in [0.15, 0.2) is 0 Å². The summed E-state index contributed by atoms with van der Waals surface area (Å²) in [4.78, 5) is 12.9. The van der Waals surface area contributed by atoms with Crippen molar-refractivity contribution in [3.8, 4) is 0 Å². The minimum Gasteiger partial charge on any atom is -0.377 e. The lowest BCUT2D eigenvalue weighted by molar-refractivity contribution is -0.124. The quantitative estimate of drug-likeness (QED) is 0.737. The summed E-state index contributed by atoms with van der Waals surface area (Å²) in [6.45, 7) is 3.91. The van der Waals surface area contributed by atoms with Gasteiger partial charge in [-0.05, 0) is 43.0 Å². The first-order valence-electron chi connectivity index (χ1n) is 9.52. The predicted octanol–water partition coefficient (Wildman–Crippen LogP) is 2.69. The van der Waals surface area contributed by atoms with Crippen LogP contribution in [-0.4, -0.2) is 37.8 Å². The van der Waals surface area contributed by atoms with Gasteiger partial charge in [-0.15, -0.1) is 0 Å². The zero-order valence-electron chi connectivity index (χ0n) is 16.0. The summed E-state index contributed by atoms with van der Waals surface area (Å²) < 4.78 is 32.5. The zero-order chi connectivity index (χ0) is 20.0. The van der Waals surface area contributed by atoms with Crippen LogP contribution in [-0.2, 0) is 32.7 Å². The predicted molar refractivity (Wildman–Crippen MR) is 107 cm³/mol. The molecule has 0 aromatic heterocycles. The number of nitrogens with zero attached hydrogens (tertiary/aromatic N) is 1. The second-order valence-electron chi connectivity index (χ2n) is 6.76. The molecular weight excluding hydrogens is 376 g/mol. The molecule has 1 aliphatic rings. The number of amides is 1. The van der Waals surface area contributed by atoms with Crippen molar-refractivity contribution in [2.75, 3.05) is 13.2 Å². The molecule has 1 amide bonds. The van der Waals surface area contributed by atoms with E-state index < -0.39 is 16.1 Å². The molecule has 28 heavy (non-hydrogen) atoms. The van der Waals surface area contributed by atoms with Gasteiger partial charge in [-0.3, -0.25) is 4.79 Å². The number of rotatable bonds is 8. The topological polar surface area (TPSA) is 75.7 Å². The Morgan fingerprint density at radius 2 is 1.79 bits per heavy atom. The largest absolute Gasteiger partial charge is 0.377 e. The molecule has 0 radical (unpaired) electrons. The van der Waals surface area contributed by atoms with E-state index in [2.05, 4.69) is 5.32 Å². The maximum Gasteiger partial charge on any atom is 0.243 e. The van der Waals surface area contributed by atoms with E-state index in [1.54, 1.807) is 30.3 Å². The number of nitrogens with one attached hydrogen (secondary N) is 1. The molecule has 0 bridgehead atoms. The maximum atomic E-state index is 12.9. The third kappa shape index (κ3) is 4.79. The first-order valence-corrected chi connectivity index (χ1v) is 11.0. The van der Waals surface area contributed by atoms with Gasteiger partial charge in [0.05, 0.1) is 11.5 Å². The average molecular weight is 403 g/mol. The fourth-order valence-corrected chi connectivity index (χ4v) is 4.98. The van der Waals surface area contributed by atoms with Crippen molar-refractivity contribution in [3.63, 3.8) is 0 Å². The van der Waals surface area contributed by atoms with Crippen LogP contribution in [0.5, 0.6) is 0 Å². The Hall–Kier alpha value is -2.22. The summed E-state index contributed by atoms with van der Waals surface area (Å²) in [6.07, 6.45) is 1.21. The minimum atomic E-state index is -3.67. The lowest BCUT2D eigenvalue weighted by atomic mass is 10.1. The van der Waals surface area contributed by atoms with Crippen molar-refractivity contribution in [1.29, 1.82) is 0 Å². The van der Waals surface area contributed by atoms with Gasteiger partial charge in [0.1, 0.15) is 6.04 Å². The second kappa shape index (κ2) is 9.32. The Balaban J connectivity index is 1.62. The van der Waals surface area contributed by atoms with Gasteiger partial charge in [-0.25, -0.2) is 8.42 Å². The van der Waals surface area contributed by atoms with Crippen molar-refractivity contribution < 1.29 is 17.9 Å². The average Bonchev–Trinajstić information content (AvgIpc) is 3.23. The van der Waals surface area contributed by atoms with E-state index in [0.717, 1.165) is 11.1 Å². The standard InChI is InChI=1S/C21H26N2O4S/c1-2-27-16-18-12-10-17(11-13-18)15-22-21(24)20-9-6-14-23(20)28(25,26)19-7-4-3-5-8-19/h3-5,7-8,10-13,20H,2,6,9,14-16H2,1H3,(H,22,24). The second-order valence-corrected chi connectivity index (χ2v) is 8.65. The molecule has 1 fully saturated rings. The van der Waals surface area contributed by atoms with Gasteiger partial charge >= 0.3 is 0 Å². The van der Waals surface area contributed by atoms with Crippen molar-refractivity contribution >= 4 is 15.9 Å². The van der Waals surface area contributed by atoms with Gasteiger partial charge in [0.2, 0.25) is 15.9 Å². The lowest BCUT2D eigenvalue weighted by Crippen LogP contribution is -2.45. The van der Waals surface area contributed by atoms with E-state index in [0.29, 0.717) is 39.1 Å². The molecule has 7 heteroatoms. The van der Waals surface area contributed by atoms with Gasteiger partial charge in [0, 0.05) is 19.7 Å². The van der Waals surface area contributed by atoms with Crippen LogP contribution in [0.15, 0.2) is 59.5 Å². The molecule has 1 N–H and O–H groups in total. The van der Waals surface area contributed by atoms with Crippen molar-refractivity contribution in [2.45, 2.75) is 43.9 Å². The molecule has 6 nitrogen and oxygen atoms in total. The number of ether oxygens (including phenoxy) is 1.